The summed E-state index contributed by atoms with van der Waals surface area (Å²) in [6.07, 6.45) is 1.42. The number of benzene rings is 2. The molecule has 0 bridgehead atoms. The lowest BCUT2D eigenvalue weighted by atomic mass is 10.2. The Morgan fingerprint density at radius 3 is 2.54 bits per heavy atom. The van der Waals surface area contributed by atoms with Gasteiger partial charge in [-0.2, -0.15) is 5.10 Å². The van der Waals surface area contributed by atoms with E-state index in [-0.39, 0.29) is 11.6 Å². The summed E-state index contributed by atoms with van der Waals surface area (Å²) in [4.78, 5) is 23.0. The summed E-state index contributed by atoms with van der Waals surface area (Å²) in [6.45, 7) is 2.08. The average molecular weight is 406 g/mol. The van der Waals surface area contributed by atoms with Gasteiger partial charge in [-0.3, -0.25) is 9.59 Å². The molecule has 0 unspecified atom stereocenters. The SMILES string of the molecule is CCOc1ccc(C(=O)N/N=C/c2ccc(OCC(N)=O)c(Cl)c2)cc1OC. The van der Waals surface area contributed by atoms with Gasteiger partial charge in [0.15, 0.2) is 18.1 Å². The molecule has 0 aromatic heterocycles. The lowest BCUT2D eigenvalue weighted by Gasteiger charge is -2.10. The molecule has 0 aliphatic carbocycles. The Bertz CT molecular complexity index is 886. The molecule has 28 heavy (non-hydrogen) atoms. The predicted octanol–water partition coefficient (Wildman–Crippen LogP) is 2.38. The van der Waals surface area contributed by atoms with Crippen LogP contribution in [0.5, 0.6) is 17.2 Å². The van der Waals surface area contributed by atoms with Crippen molar-refractivity contribution in [3.63, 3.8) is 0 Å². The number of hydrogen-bond acceptors (Lipinski definition) is 6. The van der Waals surface area contributed by atoms with Crippen LogP contribution in [0.1, 0.15) is 22.8 Å². The molecular formula is C19H20ClN3O5. The van der Waals surface area contributed by atoms with E-state index >= 15 is 0 Å². The van der Waals surface area contributed by atoms with Gasteiger partial charge in [0.2, 0.25) is 0 Å². The van der Waals surface area contributed by atoms with Crippen LogP contribution in [-0.2, 0) is 4.79 Å². The molecule has 0 fully saturated rings. The summed E-state index contributed by atoms with van der Waals surface area (Å²) >= 11 is 6.07. The van der Waals surface area contributed by atoms with Gasteiger partial charge >= 0.3 is 0 Å². The molecular weight excluding hydrogens is 386 g/mol. The van der Waals surface area contributed by atoms with Crippen LogP contribution in [0.4, 0.5) is 0 Å². The van der Waals surface area contributed by atoms with Crippen LogP contribution in [-0.4, -0.2) is 38.4 Å². The fourth-order valence-corrected chi connectivity index (χ4v) is 2.42. The third-order valence-corrected chi connectivity index (χ3v) is 3.73. The molecule has 8 nitrogen and oxygen atoms in total. The number of halogens is 1. The van der Waals surface area contributed by atoms with Gasteiger partial charge in [-0.1, -0.05) is 11.6 Å². The maximum absolute atomic E-state index is 12.2. The second kappa shape index (κ2) is 10.2. The first-order valence-corrected chi connectivity index (χ1v) is 8.67. The number of nitrogens with two attached hydrogens (primary N) is 1. The molecule has 3 N–H and O–H groups in total. The van der Waals surface area contributed by atoms with Gasteiger partial charge < -0.3 is 19.9 Å². The highest BCUT2D eigenvalue weighted by atomic mass is 35.5. The predicted molar refractivity (Wildman–Crippen MR) is 105 cm³/mol. The van der Waals surface area contributed by atoms with E-state index in [0.717, 1.165) is 0 Å². The van der Waals surface area contributed by atoms with E-state index in [1.807, 2.05) is 6.92 Å². The van der Waals surface area contributed by atoms with Gasteiger partial charge in [0, 0.05) is 5.56 Å². The first kappa shape index (κ1) is 21.0. The molecule has 2 amide bonds. The Labute approximate surface area is 167 Å². The molecule has 0 atom stereocenters. The van der Waals surface area contributed by atoms with Crippen LogP contribution < -0.4 is 25.4 Å². The minimum atomic E-state index is -0.602. The Hall–Kier alpha value is -3.26. The number of nitrogens with zero attached hydrogens (tertiary/aromatic N) is 1. The van der Waals surface area contributed by atoms with Crippen LogP contribution in [0, 0.1) is 0 Å². The first-order valence-electron chi connectivity index (χ1n) is 8.29. The zero-order chi connectivity index (χ0) is 20.5. The van der Waals surface area contributed by atoms with Crippen LogP contribution >= 0.6 is 11.6 Å². The number of methoxy groups -OCH3 is 1. The summed E-state index contributed by atoms with van der Waals surface area (Å²) in [5, 5.41) is 4.19. The summed E-state index contributed by atoms with van der Waals surface area (Å²) < 4.78 is 15.8. The van der Waals surface area contributed by atoms with Crippen molar-refractivity contribution in [2.24, 2.45) is 10.8 Å². The first-order chi connectivity index (χ1) is 13.4. The summed E-state index contributed by atoms with van der Waals surface area (Å²) in [6, 6.07) is 9.65. The Kier molecular flexibility index (Phi) is 7.65. The number of hydrazone groups is 1. The van der Waals surface area contributed by atoms with Crippen molar-refractivity contribution in [2.45, 2.75) is 6.92 Å². The number of amides is 2. The summed E-state index contributed by atoms with van der Waals surface area (Å²) in [5.74, 6) is 0.318. The minimum absolute atomic E-state index is 0.269. The van der Waals surface area contributed by atoms with Crippen molar-refractivity contribution >= 4 is 29.6 Å². The Morgan fingerprint density at radius 1 is 1.14 bits per heavy atom. The van der Waals surface area contributed by atoms with Crippen molar-refractivity contribution < 1.29 is 23.8 Å². The fourth-order valence-electron chi connectivity index (χ4n) is 2.18. The van der Waals surface area contributed by atoms with Crippen molar-refractivity contribution in [2.75, 3.05) is 20.3 Å². The van der Waals surface area contributed by atoms with E-state index < -0.39 is 11.8 Å². The van der Waals surface area contributed by atoms with Crippen molar-refractivity contribution in [3.8, 4) is 17.2 Å². The topological polar surface area (TPSA) is 112 Å². The number of hydrogen-bond donors (Lipinski definition) is 2. The monoisotopic (exact) mass is 405 g/mol. The fraction of sp³-hybridized carbons (Fsp3) is 0.211. The van der Waals surface area contributed by atoms with Gasteiger partial charge in [-0.15, -0.1) is 0 Å². The van der Waals surface area contributed by atoms with Crippen molar-refractivity contribution in [1.82, 2.24) is 5.43 Å². The minimum Gasteiger partial charge on any atom is -0.493 e. The van der Waals surface area contributed by atoms with Crippen LogP contribution in [0.3, 0.4) is 0 Å². The number of nitrogens with one attached hydrogen (secondary N) is 1. The van der Waals surface area contributed by atoms with Crippen LogP contribution in [0.2, 0.25) is 5.02 Å². The number of carbonyl (C=O) groups excluding carboxylic acids is 2. The lowest BCUT2D eigenvalue weighted by molar-refractivity contribution is -0.119. The highest BCUT2D eigenvalue weighted by Crippen LogP contribution is 2.28. The summed E-state index contributed by atoms with van der Waals surface area (Å²) in [7, 11) is 1.50. The van der Waals surface area contributed by atoms with E-state index in [9.17, 15) is 9.59 Å². The Morgan fingerprint density at radius 2 is 1.89 bits per heavy atom. The average Bonchev–Trinajstić information content (AvgIpc) is 2.67. The van der Waals surface area contributed by atoms with Gasteiger partial charge in [0.1, 0.15) is 5.75 Å². The Balaban J connectivity index is 2.01. The lowest BCUT2D eigenvalue weighted by Crippen LogP contribution is -2.20. The molecule has 0 spiro atoms. The highest BCUT2D eigenvalue weighted by Gasteiger charge is 2.10. The molecule has 0 saturated carbocycles. The third-order valence-electron chi connectivity index (χ3n) is 3.43. The van der Waals surface area contributed by atoms with Gasteiger partial charge in [0.25, 0.3) is 11.8 Å². The zero-order valence-corrected chi connectivity index (χ0v) is 16.2. The number of carbonyl (C=O) groups is 2. The van der Waals surface area contributed by atoms with E-state index in [0.29, 0.717) is 35.0 Å². The molecule has 0 aliphatic rings. The van der Waals surface area contributed by atoms with Crippen molar-refractivity contribution in [3.05, 3.63) is 52.5 Å². The second-order valence-corrected chi connectivity index (χ2v) is 5.85. The smallest absolute Gasteiger partial charge is 0.271 e. The molecule has 0 aliphatic heterocycles. The molecule has 2 rings (SSSR count). The maximum atomic E-state index is 12.2. The molecule has 0 heterocycles. The normalized spacial score (nSPS) is 10.5. The third kappa shape index (κ3) is 5.88. The van der Waals surface area contributed by atoms with Crippen LogP contribution in [0.25, 0.3) is 0 Å². The van der Waals surface area contributed by atoms with Crippen LogP contribution in [0.15, 0.2) is 41.5 Å². The number of ether oxygens (including phenoxy) is 3. The molecule has 2 aromatic carbocycles. The van der Waals surface area contributed by atoms with Gasteiger partial charge in [-0.05, 0) is 48.9 Å². The van der Waals surface area contributed by atoms with Crippen molar-refractivity contribution in [1.29, 1.82) is 0 Å². The zero-order valence-electron chi connectivity index (χ0n) is 15.4. The number of rotatable bonds is 9. The number of primary amides is 1. The second-order valence-electron chi connectivity index (χ2n) is 5.44. The van der Waals surface area contributed by atoms with Gasteiger partial charge in [0.05, 0.1) is 25.0 Å². The molecule has 0 radical (unpaired) electrons. The quantitative estimate of drug-likeness (QED) is 0.491. The van der Waals surface area contributed by atoms with Gasteiger partial charge in [-0.25, -0.2) is 5.43 Å². The largest absolute Gasteiger partial charge is 0.493 e. The molecule has 0 saturated heterocycles. The molecule has 148 valence electrons. The van der Waals surface area contributed by atoms with E-state index in [4.69, 9.17) is 31.5 Å². The molecule has 9 heteroatoms. The maximum Gasteiger partial charge on any atom is 0.271 e. The van der Waals surface area contributed by atoms with E-state index in [2.05, 4.69) is 10.5 Å². The highest BCUT2D eigenvalue weighted by molar-refractivity contribution is 6.32. The van der Waals surface area contributed by atoms with E-state index in [1.54, 1.807) is 36.4 Å². The van der Waals surface area contributed by atoms with E-state index in [1.165, 1.54) is 13.3 Å². The standard InChI is InChI=1S/C19H20ClN3O5/c1-3-27-16-7-5-13(9-17(16)26-2)19(25)23-22-10-12-4-6-15(14(20)8-12)28-11-18(21)24/h4-10H,3,11H2,1-2H3,(H2,21,24)(H,23,25)/b22-10+. The molecule has 2 aromatic rings. The summed E-state index contributed by atoms with van der Waals surface area (Å²) in [5.41, 5.74) is 8.44.